The molecular weight excluding hydrogens is 121 g/mol. The summed E-state index contributed by atoms with van der Waals surface area (Å²) in [5, 5.41) is 0. The molecule has 0 aliphatic heterocycles. The summed E-state index contributed by atoms with van der Waals surface area (Å²) in [6.45, 7) is 4.50. The molecule has 2 aliphatic carbocycles. The molecule has 0 nitrogen and oxygen atoms in total. The number of allylic oxidation sites excluding steroid dienone is 1. The second-order valence-corrected chi connectivity index (χ2v) is 4.34. The monoisotopic (exact) mass is 139 g/mol. The normalized spacial score (nSPS) is 45.2. The van der Waals surface area contributed by atoms with E-state index in [1.165, 1.54) is 19.3 Å². The number of fused-ring (bicyclic) bond motifs is 2. The molecule has 2 bridgehead atoms. The Kier molecular flexibility index (Phi) is 0.763. The highest BCUT2D eigenvalue weighted by Crippen LogP contribution is 2.58. The third-order valence-corrected chi connectivity index (χ3v) is 3.56. The van der Waals surface area contributed by atoms with Crippen LogP contribution in [-0.2, 0) is 0 Å². The van der Waals surface area contributed by atoms with Crippen molar-refractivity contribution in [1.29, 1.82) is 0 Å². The molecule has 0 spiro atoms. The summed E-state index contributed by atoms with van der Waals surface area (Å²) in [4.78, 5) is 0. The number of hydrogen-bond donors (Lipinski definition) is 0. The van der Waals surface area contributed by atoms with Crippen molar-refractivity contribution < 1.29 is 2.74 Å². The van der Waals surface area contributed by atoms with Crippen LogP contribution in [0.2, 0.25) is 0 Å². The maximum atomic E-state index is 7.43. The van der Waals surface area contributed by atoms with Gasteiger partial charge in [0.25, 0.3) is 0 Å². The fourth-order valence-electron chi connectivity index (χ4n) is 2.65. The molecule has 56 valence electrons. The van der Waals surface area contributed by atoms with E-state index in [2.05, 4.69) is 13.8 Å². The van der Waals surface area contributed by atoms with Crippen LogP contribution < -0.4 is 0 Å². The van der Waals surface area contributed by atoms with Crippen LogP contribution in [0.15, 0.2) is 12.1 Å². The van der Waals surface area contributed by atoms with Crippen LogP contribution in [-0.4, -0.2) is 0 Å². The number of rotatable bonds is 0. The largest absolute Gasteiger partial charge is 0.0990 e. The van der Waals surface area contributed by atoms with E-state index in [1.807, 2.05) is 0 Å². The van der Waals surface area contributed by atoms with Gasteiger partial charge < -0.3 is 0 Å². The summed E-state index contributed by atoms with van der Waals surface area (Å²) in [5.41, 5.74) is 1.28. The molecule has 0 N–H and O–H groups in total. The smallest absolute Gasteiger partial charge is 0.0538 e. The standard InChI is InChI=1S/C10H16/c1-7-8-4-5-9(6-8)10(7,2)3/h8-9H,1,4-6H2,2-3H3/t8-,9+/m1/s1/i1+1D2. The average Bonchev–Trinajstić information content (AvgIpc) is 2.41. The van der Waals surface area contributed by atoms with E-state index in [0.29, 0.717) is 5.92 Å². The molecule has 0 aromatic rings. The zero-order valence-corrected chi connectivity index (χ0v) is 6.78. The van der Waals surface area contributed by atoms with Gasteiger partial charge in [0.2, 0.25) is 0 Å². The first kappa shape index (κ1) is 4.58. The van der Waals surface area contributed by atoms with Gasteiger partial charge in [0.15, 0.2) is 0 Å². The fraction of sp³-hybridized carbons (Fsp3) is 0.800. The van der Waals surface area contributed by atoms with Crippen molar-refractivity contribution in [3.8, 4) is 0 Å². The molecule has 2 atom stereocenters. The highest BCUT2D eigenvalue weighted by molar-refractivity contribution is 5.22. The van der Waals surface area contributed by atoms with Crippen LogP contribution >= 0.6 is 0 Å². The van der Waals surface area contributed by atoms with Crippen molar-refractivity contribution in [3.05, 3.63) is 12.1 Å². The van der Waals surface area contributed by atoms with E-state index in [9.17, 15) is 0 Å². The zero-order valence-electron chi connectivity index (χ0n) is 8.78. The van der Waals surface area contributed by atoms with E-state index >= 15 is 0 Å². The summed E-state index contributed by atoms with van der Waals surface area (Å²) >= 11 is 0. The molecule has 2 aliphatic rings. The van der Waals surface area contributed by atoms with Crippen molar-refractivity contribution in [2.45, 2.75) is 33.1 Å². The second kappa shape index (κ2) is 1.66. The van der Waals surface area contributed by atoms with E-state index in [4.69, 9.17) is 2.74 Å². The van der Waals surface area contributed by atoms with Gasteiger partial charge >= 0.3 is 0 Å². The van der Waals surface area contributed by atoms with E-state index in [1.54, 1.807) is 0 Å². The molecule has 0 amide bonds. The van der Waals surface area contributed by atoms with Crippen LogP contribution in [0.4, 0.5) is 0 Å². The fourth-order valence-corrected chi connectivity index (χ4v) is 2.65. The topological polar surface area (TPSA) is 0 Å². The Morgan fingerprint density at radius 2 is 2.40 bits per heavy atom. The minimum atomic E-state index is 0.0900. The van der Waals surface area contributed by atoms with Gasteiger partial charge in [-0.15, -0.1) is 0 Å². The van der Waals surface area contributed by atoms with Gasteiger partial charge in [0.05, 0.1) is 2.74 Å². The lowest BCUT2D eigenvalue weighted by molar-refractivity contribution is 0.289. The third-order valence-electron chi connectivity index (χ3n) is 3.56. The first-order chi connectivity index (χ1) is 5.53. The summed E-state index contributed by atoms with van der Waals surface area (Å²) in [6, 6.07) is 0. The quantitative estimate of drug-likeness (QED) is 0.357. The predicted octanol–water partition coefficient (Wildman–Crippen LogP) is 3.00. The van der Waals surface area contributed by atoms with Gasteiger partial charge in [-0.2, -0.15) is 0 Å². The molecule has 0 saturated heterocycles. The van der Waals surface area contributed by atoms with E-state index < -0.39 is 0 Å². The lowest BCUT2D eigenvalue weighted by Gasteiger charge is -2.31. The van der Waals surface area contributed by atoms with Gasteiger partial charge in [-0.3, -0.25) is 0 Å². The zero-order chi connectivity index (χ0) is 8.93. The number of hydrogen-bond acceptors (Lipinski definition) is 0. The van der Waals surface area contributed by atoms with Crippen molar-refractivity contribution >= 4 is 0 Å². The van der Waals surface area contributed by atoms with Crippen LogP contribution in [0.5, 0.6) is 0 Å². The molecule has 0 heteroatoms. The maximum absolute atomic E-state index is 7.43. The molecular formula is C10H16. The van der Waals surface area contributed by atoms with Gasteiger partial charge in [0.1, 0.15) is 0 Å². The Morgan fingerprint density at radius 3 is 2.80 bits per heavy atom. The van der Waals surface area contributed by atoms with Crippen molar-refractivity contribution in [2.24, 2.45) is 17.3 Å². The maximum Gasteiger partial charge on any atom is 0.0538 e. The molecule has 0 radical (unpaired) electrons. The average molecular weight is 139 g/mol. The molecule has 2 fully saturated rings. The molecule has 10 heavy (non-hydrogen) atoms. The molecule has 0 unspecified atom stereocenters. The molecule has 0 aromatic heterocycles. The van der Waals surface area contributed by atoms with Crippen LogP contribution in [0.3, 0.4) is 0 Å². The molecule has 2 rings (SSSR count). The Hall–Kier alpha value is -0.260. The van der Waals surface area contributed by atoms with Crippen molar-refractivity contribution in [3.63, 3.8) is 0 Å². The lowest BCUT2D eigenvalue weighted by Crippen LogP contribution is -2.21. The SMILES string of the molecule is [2H][13C]([2H])=C1[C@@H]2CC[C@@H](C2)C1(C)C. The Balaban J connectivity index is 2.42. The first-order valence-corrected chi connectivity index (χ1v) is 4.21. The molecule has 0 aromatic carbocycles. The molecule has 2 saturated carbocycles. The van der Waals surface area contributed by atoms with E-state index in [0.717, 1.165) is 11.5 Å². The minimum Gasteiger partial charge on any atom is -0.0990 e. The highest BCUT2D eigenvalue weighted by atomic mass is 14.5. The summed E-state index contributed by atoms with van der Waals surface area (Å²) in [7, 11) is 0. The van der Waals surface area contributed by atoms with Gasteiger partial charge in [-0.1, -0.05) is 26.0 Å². The molecule has 0 heterocycles. The predicted molar refractivity (Wildman–Crippen MR) is 43.8 cm³/mol. The summed E-state index contributed by atoms with van der Waals surface area (Å²) in [6.07, 6.45) is 3.78. The first-order valence-electron chi connectivity index (χ1n) is 5.21. The van der Waals surface area contributed by atoms with Crippen LogP contribution in [0.1, 0.15) is 35.9 Å². The minimum absolute atomic E-state index is 0.0900. The van der Waals surface area contributed by atoms with Gasteiger partial charge in [-0.25, -0.2) is 0 Å². The van der Waals surface area contributed by atoms with Crippen molar-refractivity contribution in [1.82, 2.24) is 0 Å². The Bertz CT molecular complexity index is 236. The van der Waals surface area contributed by atoms with Crippen LogP contribution in [0.25, 0.3) is 0 Å². The Morgan fingerprint density at radius 1 is 1.60 bits per heavy atom. The van der Waals surface area contributed by atoms with Gasteiger partial charge in [-0.05, 0) is 36.5 Å². The van der Waals surface area contributed by atoms with E-state index in [-0.39, 0.29) is 11.9 Å². The lowest BCUT2D eigenvalue weighted by atomic mass is 9.75. The van der Waals surface area contributed by atoms with Crippen molar-refractivity contribution in [2.75, 3.05) is 0 Å². The van der Waals surface area contributed by atoms with Gasteiger partial charge in [0, 0.05) is 0 Å². The highest BCUT2D eigenvalue weighted by Gasteiger charge is 2.47. The van der Waals surface area contributed by atoms with Crippen LogP contribution in [0, 0.1) is 17.3 Å². The Labute approximate surface area is 66.1 Å². The summed E-state index contributed by atoms with van der Waals surface area (Å²) in [5.74, 6) is 1.33. The summed E-state index contributed by atoms with van der Waals surface area (Å²) < 4.78 is 14.9. The third kappa shape index (κ3) is 0.574. The second-order valence-electron chi connectivity index (χ2n) is 4.34.